The molecule has 3 rings (SSSR count). The Kier molecular flexibility index (Phi) is 3.22. The fraction of sp³-hybridized carbons (Fsp3) is 0.312. The zero-order valence-electron chi connectivity index (χ0n) is 11.9. The quantitative estimate of drug-likeness (QED) is 0.639. The molecule has 5 heteroatoms. The summed E-state index contributed by atoms with van der Waals surface area (Å²) in [5.74, 6) is 5.45. The van der Waals surface area contributed by atoms with Gasteiger partial charge in [-0.25, -0.2) is 0 Å². The summed E-state index contributed by atoms with van der Waals surface area (Å²) in [6.07, 6.45) is 0.815. The number of piperidine rings is 1. The van der Waals surface area contributed by atoms with Gasteiger partial charge in [0.1, 0.15) is 6.04 Å². The van der Waals surface area contributed by atoms with Crippen LogP contribution in [0.3, 0.4) is 0 Å². The van der Waals surface area contributed by atoms with Gasteiger partial charge in [0.15, 0.2) is 0 Å². The van der Waals surface area contributed by atoms with Crippen LogP contribution < -0.4 is 5.32 Å². The number of carbonyl (C=O) groups is 2. The van der Waals surface area contributed by atoms with E-state index in [1.54, 1.807) is 11.6 Å². The summed E-state index contributed by atoms with van der Waals surface area (Å²) in [6.45, 7) is 3.70. The van der Waals surface area contributed by atoms with Gasteiger partial charge in [-0.1, -0.05) is 12.0 Å². The van der Waals surface area contributed by atoms with Gasteiger partial charge in [-0.15, -0.1) is 5.92 Å². The lowest BCUT2D eigenvalue weighted by molar-refractivity contribution is -0.135. The first-order valence-electron chi connectivity index (χ1n) is 6.86. The molecule has 1 fully saturated rings. The van der Waals surface area contributed by atoms with Crippen LogP contribution in [0.4, 0.5) is 0 Å². The number of rotatable bonds is 1. The molecule has 0 saturated carbocycles. The van der Waals surface area contributed by atoms with E-state index in [4.69, 9.17) is 0 Å². The van der Waals surface area contributed by atoms with Crippen LogP contribution in [0.2, 0.25) is 0 Å². The fourth-order valence-corrected chi connectivity index (χ4v) is 2.77. The maximum absolute atomic E-state index is 12.0. The highest BCUT2D eigenvalue weighted by Crippen LogP contribution is 2.27. The van der Waals surface area contributed by atoms with Gasteiger partial charge in [0, 0.05) is 17.4 Å². The van der Waals surface area contributed by atoms with Crippen molar-refractivity contribution in [2.24, 2.45) is 0 Å². The number of aromatic nitrogens is 2. The lowest BCUT2D eigenvalue weighted by Crippen LogP contribution is -2.42. The summed E-state index contributed by atoms with van der Waals surface area (Å²) in [7, 11) is 0. The third-order valence-electron chi connectivity index (χ3n) is 3.67. The molecule has 1 saturated heterocycles. The standard InChI is InChI=1S/C16H15N3O2/c1-3-5-11-6-4-7-12-15(11)10(2)18-19(12)13-8-9-14(20)17-16(13)21/h4,6-7,13H,8-9H2,1-2H3,(H,17,20,21). The first-order chi connectivity index (χ1) is 10.1. The molecule has 1 unspecified atom stereocenters. The minimum absolute atomic E-state index is 0.220. The predicted octanol–water partition coefficient (Wildman–Crippen LogP) is 1.69. The lowest BCUT2D eigenvalue weighted by atomic mass is 10.1. The van der Waals surface area contributed by atoms with E-state index in [9.17, 15) is 9.59 Å². The van der Waals surface area contributed by atoms with Crippen molar-refractivity contribution < 1.29 is 9.59 Å². The smallest absolute Gasteiger partial charge is 0.251 e. The number of hydrogen-bond acceptors (Lipinski definition) is 3. The average Bonchev–Trinajstić information content (AvgIpc) is 2.78. The topological polar surface area (TPSA) is 64.0 Å². The van der Waals surface area contributed by atoms with Crippen molar-refractivity contribution in [1.29, 1.82) is 0 Å². The van der Waals surface area contributed by atoms with Gasteiger partial charge in [-0.05, 0) is 32.4 Å². The number of aryl methyl sites for hydroxylation is 1. The minimum Gasteiger partial charge on any atom is -0.295 e. The summed E-state index contributed by atoms with van der Waals surface area (Å²) in [5.41, 5.74) is 2.63. The predicted molar refractivity (Wildman–Crippen MR) is 78.4 cm³/mol. The zero-order valence-corrected chi connectivity index (χ0v) is 11.9. The second-order valence-electron chi connectivity index (χ2n) is 5.07. The Morgan fingerprint density at radius 1 is 1.38 bits per heavy atom. The van der Waals surface area contributed by atoms with Gasteiger partial charge >= 0.3 is 0 Å². The van der Waals surface area contributed by atoms with Crippen LogP contribution in [0.5, 0.6) is 0 Å². The van der Waals surface area contributed by atoms with Crippen LogP contribution >= 0.6 is 0 Å². The third kappa shape index (κ3) is 2.19. The van der Waals surface area contributed by atoms with Crippen molar-refractivity contribution in [2.45, 2.75) is 32.7 Å². The monoisotopic (exact) mass is 281 g/mol. The van der Waals surface area contributed by atoms with Gasteiger partial charge in [0.2, 0.25) is 5.91 Å². The number of amides is 2. The largest absolute Gasteiger partial charge is 0.295 e. The van der Waals surface area contributed by atoms with E-state index in [2.05, 4.69) is 22.3 Å². The van der Waals surface area contributed by atoms with Gasteiger partial charge in [0.05, 0.1) is 11.2 Å². The summed E-state index contributed by atoms with van der Waals surface area (Å²) in [5, 5.41) is 7.85. The molecular weight excluding hydrogens is 266 g/mol. The van der Waals surface area contributed by atoms with Crippen LogP contribution in [-0.4, -0.2) is 21.6 Å². The highest BCUT2D eigenvalue weighted by molar-refractivity contribution is 6.00. The van der Waals surface area contributed by atoms with E-state index in [0.29, 0.717) is 12.8 Å². The molecule has 2 aromatic rings. The number of nitrogens with zero attached hydrogens (tertiary/aromatic N) is 2. The van der Waals surface area contributed by atoms with Crippen LogP contribution in [0.15, 0.2) is 18.2 Å². The van der Waals surface area contributed by atoms with Gasteiger partial charge < -0.3 is 0 Å². The van der Waals surface area contributed by atoms with Crippen molar-refractivity contribution in [3.63, 3.8) is 0 Å². The van der Waals surface area contributed by atoms with Crippen molar-refractivity contribution in [3.05, 3.63) is 29.5 Å². The highest BCUT2D eigenvalue weighted by Gasteiger charge is 2.30. The molecule has 1 aliphatic heterocycles. The Morgan fingerprint density at radius 2 is 2.19 bits per heavy atom. The van der Waals surface area contributed by atoms with Gasteiger partial charge in [-0.3, -0.25) is 19.6 Å². The van der Waals surface area contributed by atoms with E-state index >= 15 is 0 Å². The number of fused-ring (bicyclic) bond motifs is 1. The summed E-state index contributed by atoms with van der Waals surface area (Å²) in [4.78, 5) is 23.3. The molecule has 2 heterocycles. The Morgan fingerprint density at radius 3 is 2.90 bits per heavy atom. The molecule has 1 N–H and O–H groups in total. The number of nitrogens with one attached hydrogen (secondary N) is 1. The molecule has 1 aromatic carbocycles. The second-order valence-corrected chi connectivity index (χ2v) is 5.07. The molecule has 0 spiro atoms. The first kappa shape index (κ1) is 13.4. The Hall–Kier alpha value is -2.61. The summed E-state index contributed by atoms with van der Waals surface area (Å²) >= 11 is 0. The van der Waals surface area contributed by atoms with Crippen LogP contribution in [0.1, 0.15) is 37.1 Å². The van der Waals surface area contributed by atoms with Crippen LogP contribution in [-0.2, 0) is 9.59 Å². The maximum atomic E-state index is 12.0. The maximum Gasteiger partial charge on any atom is 0.251 e. The molecule has 0 radical (unpaired) electrons. The Balaban J connectivity index is 2.16. The molecule has 1 aliphatic rings. The number of hydrogen-bond donors (Lipinski definition) is 1. The molecule has 21 heavy (non-hydrogen) atoms. The zero-order chi connectivity index (χ0) is 15.0. The third-order valence-corrected chi connectivity index (χ3v) is 3.67. The Bertz CT molecular complexity index is 808. The molecule has 0 bridgehead atoms. The van der Waals surface area contributed by atoms with Gasteiger partial charge in [0.25, 0.3) is 5.91 Å². The fourth-order valence-electron chi connectivity index (χ4n) is 2.77. The van der Waals surface area contributed by atoms with Crippen molar-refractivity contribution >= 4 is 22.7 Å². The highest BCUT2D eigenvalue weighted by atomic mass is 16.2. The SMILES string of the molecule is CC#Cc1cccc2c1c(C)nn2C1CCC(=O)NC1=O. The van der Waals surface area contributed by atoms with E-state index in [1.165, 1.54) is 0 Å². The van der Waals surface area contributed by atoms with Crippen LogP contribution in [0, 0.1) is 18.8 Å². The Labute approximate surface area is 122 Å². The first-order valence-corrected chi connectivity index (χ1v) is 6.86. The molecule has 1 aromatic heterocycles. The van der Waals surface area contributed by atoms with E-state index in [-0.39, 0.29) is 11.8 Å². The normalized spacial score (nSPS) is 18.3. The number of imide groups is 1. The van der Waals surface area contributed by atoms with Crippen molar-refractivity contribution in [3.8, 4) is 11.8 Å². The van der Waals surface area contributed by atoms with Crippen molar-refractivity contribution in [2.75, 3.05) is 0 Å². The van der Waals surface area contributed by atoms with Gasteiger partial charge in [-0.2, -0.15) is 5.10 Å². The molecular formula is C16H15N3O2. The number of benzene rings is 1. The second kappa shape index (κ2) is 5.06. The molecule has 2 amide bonds. The van der Waals surface area contributed by atoms with Crippen LogP contribution in [0.25, 0.3) is 10.9 Å². The van der Waals surface area contributed by atoms with E-state index in [0.717, 1.165) is 22.2 Å². The van der Waals surface area contributed by atoms with E-state index in [1.807, 2.05) is 25.1 Å². The number of carbonyl (C=O) groups excluding carboxylic acids is 2. The van der Waals surface area contributed by atoms with E-state index < -0.39 is 6.04 Å². The summed E-state index contributed by atoms with van der Waals surface area (Å²) < 4.78 is 1.72. The molecule has 1 atom stereocenters. The summed E-state index contributed by atoms with van der Waals surface area (Å²) in [6, 6.07) is 5.34. The minimum atomic E-state index is -0.441. The van der Waals surface area contributed by atoms with Crippen molar-refractivity contribution in [1.82, 2.24) is 15.1 Å². The molecule has 0 aliphatic carbocycles. The lowest BCUT2D eigenvalue weighted by Gasteiger charge is -2.21. The molecule has 106 valence electrons. The molecule has 5 nitrogen and oxygen atoms in total. The average molecular weight is 281 g/mol.